The first kappa shape index (κ1) is 29.1. The minimum absolute atomic E-state index is 0.587. The third-order valence-corrected chi connectivity index (χ3v) is 11.3. The van der Waals surface area contributed by atoms with E-state index in [1.165, 1.54) is 42.1 Å². The van der Waals surface area contributed by atoms with Gasteiger partial charge < -0.3 is 13.7 Å². The van der Waals surface area contributed by atoms with Gasteiger partial charge in [-0.2, -0.15) is 0 Å². The summed E-state index contributed by atoms with van der Waals surface area (Å²) in [4.78, 5) is 7.16. The Morgan fingerprint density at radius 3 is 2.19 bits per heavy atom. The molecule has 11 aromatic rings. The van der Waals surface area contributed by atoms with E-state index in [9.17, 15) is 0 Å². The van der Waals surface area contributed by atoms with Crippen molar-refractivity contribution in [3.8, 4) is 22.6 Å². The van der Waals surface area contributed by atoms with E-state index in [4.69, 9.17) is 13.8 Å². The zero-order valence-corrected chi connectivity index (χ0v) is 28.6. The molecule has 8 aromatic carbocycles. The van der Waals surface area contributed by atoms with Crippen LogP contribution in [0.3, 0.4) is 0 Å². The Kier molecular flexibility index (Phi) is 6.39. The van der Waals surface area contributed by atoms with Gasteiger partial charge in [-0.25, -0.2) is 4.98 Å². The average Bonchev–Trinajstić information content (AvgIpc) is 3.92. The van der Waals surface area contributed by atoms with Gasteiger partial charge in [0.25, 0.3) is 0 Å². The third-order valence-electron chi connectivity index (χ3n) is 10.1. The van der Waals surface area contributed by atoms with Crippen LogP contribution in [0.5, 0.6) is 0 Å². The minimum atomic E-state index is 0.587. The van der Waals surface area contributed by atoms with Gasteiger partial charge in [-0.3, -0.25) is 0 Å². The van der Waals surface area contributed by atoms with Crippen LogP contribution in [0, 0.1) is 0 Å². The SMILES string of the molecule is c1ccc(N(c2ccc3c(c2)oc2cccc(-c4nc5ccccc5o4)c23)c2cccc3c2sc2cccc(-c4ccc5ccccc5c4)c23)cc1. The Morgan fingerprint density at radius 2 is 1.27 bits per heavy atom. The van der Waals surface area contributed by atoms with Crippen molar-refractivity contribution in [3.05, 3.63) is 170 Å². The quantitative estimate of drug-likeness (QED) is 0.181. The van der Waals surface area contributed by atoms with Crippen LogP contribution in [0.2, 0.25) is 0 Å². The Morgan fingerprint density at radius 1 is 0.481 bits per heavy atom. The van der Waals surface area contributed by atoms with Gasteiger partial charge in [-0.1, -0.05) is 97.1 Å². The van der Waals surface area contributed by atoms with Gasteiger partial charge >= 0.3 is 0 Å². The predicted molar refractivity (Wildman–Crippen MR) is 217 cm³/mol. The lowest BCUT2D eigenvalue weighted by Gasteiger charge is -2.26. The third kappa shape index (κ3) is 4.50. The summed E-state index contributed by atoms with van der Waals surface area (Å²) in [6.45, 7) is 0. The zero-order valence-electron chi connectivity index (χ0n) is 27.8. The first-order valence-electron chi connectivity index (χ1n) is 17.4. The molecule has 0 atom stereocenters. The molecule has 0 bridgehead atoms. The number of rotatable bonds is 5. The number of furan rings is 1. The van der Waals surface area contributed by atoms with Crippen LogP contribution in [0.4, 0.5) is 17.1 Å². The van der Waals surface area contributed by atoms with Crippen molar-refractivity contribution in [2.75, 3.05) is 4.90 Å². The maximum absolute atomic E-state index is 6.59. The second kappa shape index (κ2) is 11.4. The van der Waals surface area contributed by atoms with Gasteiger partial charge in [-0.05, 0) is 88.6 Å². The number of thiophene rings is 1. The molecule has 0 aliphatic carbocycles. The average molecular weight is 685 g/mol. The number of hydrogen-bond acceptors (Lipinski definition) is 5. The number of hydrogen-bond donors (Lipinski definition) is 0. The van der Waals surface area contributed by atoms with Crippen LogP contribution in [0.15, 0.2) is 179 Å². The van der Waals surface area contributed by atoms with E-state index in [2.05, 4.69) is 138 Å². The lowest BCUT2D eigenvalue weighted by atomic mass is 9.97. The maximum Gasteiger partial charge on any atom is 0.228 e. The fourth-order valence-corrected chi connectivity index (χ4v) is 8.96. The van der Waals surface area contributed by atoms with Gasteiger partial charge in [0.15, 0.2) is 5.58 Å². The van der Waals surface area contributed by atoms with Crippen LogP contribution < -0.4 is 4.90 Å². The Balaban J connectivity index is 1.10. The summed E-state index contributed by atoms with van der Waals surface area (Å²) < 4.78 is 15.3. The van der Waals surface area contributed by atoms with E-state index in [0.29, 0.717) is 5.89 Å². The smallest absolute Gasteiger partial charge is 0.228 e. The number of anilines is 3. The summed E-state index contributed by atoms with van der Waals surface area (Å²) >= 11 is 1.84. The monoisotopic (exact) mass is 684 g/mol. The van der Waals surface area contributed by atoms with Crippen molar-refractivity contribution in [1.82, 2.24) is 4.98 Å². The van der Waals surface area contributed by atoms with Crippen molar-refractivity contribution in [2.24, 2.45) is 0 Å². The van der Waals surface area contributed by atoms with Gasteiger partial charge in [0.2, 0.25) is 5.89 Å². The molecule has 0 aliphatic rings. The lowest BCUT2D eigenvalue weighted by Crippen LogP contribution is -2.09. The second-order valence-electron chi connectivity index (χ2n) is 13.1. The standard InChI is InChI=1S/C47H28N2O2S/c1-2-13-32(14-3-1)49(33-25-26-35-42(28-33)50-41-21-9-17-37(44(35)41)47-48-38-18-6-7-20-40(38)51-47)39-19-8-16-36-45-34(15-10-22-43(45)52-46(36)39)31-24-23-29-11-4-5-12-30(29)27-31/h1-28H. The number of para-hydroxylation sites is 3. The molecule has 244 valence electrons. The Labute approximate surface area is 302 Å². The molecule has 5 heteroatoms. The molecular weight excluding hydrogens is 657 g/mol. The van der Waals surface area contributed by atoms with Gasteiger partial charge in [-0.15, -0.1) is 11.3 Å². The second-order valence-corrected chi connectivity index (χ2v) is 14.2. The van der Waals surface area contributed by atoms with Crippen LogP contribution in [0.1, 0.15) is 0 Å². The van der Waals surface area contributed by atoms with Crippen LogP contribution in [0.25, 0.3) is 86.6 Å². The topological polar surface area (TPSA) is 42.4 Å². The molecule has 0 N–H and O–H groups in total. The van der Waals surface area contributed by atoms with E-state index in [0.717, 1.165) is 55.7 Å². The van der Waals surface area contributed by atoms with Crippen LogP contribution in [-0.2, 0) is 0 Å². The summed E-state index contributed by atoms with van der Waals surface area (Å²) in [6.07, 6.45) is 0. The lowest BCUT2D eigenvalue weighted by molar-refractivity contribution is 0.620. The number of benzene rings is 8. The first-order valence-corrected chi connectivity index (χ1v) is 18.2. The predicted octanol–water partition coefficient (Wildman–Crippen LogP) is 14.1. The molecule has 0 aliphatic heterocycles. The highest BCUT2D eigenvalue weighted by atomic mass is 32.1. The largest absolute Gasteiger partial charge is 0.456 e. The molecule has 0 amide bonds. The Bertz CT molecular complexity index is 3120. The van der Waals surface area contributed by atoms with Crippen molar-refractivity contribution in [1.29, 1.82) is 0 Å². The molecule has 0 unspecified atom stereocenters. The summed E-state index contributed by atoms with van der Waals surface area (Å²) in [7, 11) is 0. The highest BCUT2D eigenvalue weighted by Gasteiger charge is 2.22. The van der Waals surface area contributed by atoms with Crippen LogP contribution >= 0.6 is 11.3 Å². The van der Waals surface area contributed by atoms with Crippen molar-refractivity contribution >= 4 is 92.4 Å². The molecule has 4 nitrogen and oxygen atoms in total. The van der Waals surface area contributed by atoms with E-state index >= 15 is 0 Å². The first-order chi connectivity index (χ1) is 25.8. The Hall–Kier alpha value is -6.69. The summed E-state index contributed by atoms with van der Waals surface area (Å²) in [5.74, 6) is 0.587. The van der Waals surface area contributed by atoms with E-state index in [1.807, 2.05) is 47.7 Å². The maximum atomic E-state index is 6.59. The highest BCUT2D eigenvalue weighted by molar-refractivity contribution is 7.26. The van der Waals surface area contributed by atoms with E-state index in [1.54, 1.807) is 0 Å². The number of fused-ring (bicyclic) bond motifs is 8. The zero-order chi connectivity index (χ0) is 34.2. The fraction of sp³-hybridized carbons (Fsp3) is 0. The summed E-state index contributed by atoms with van der Waals surface area (Å²) in [6, 6.07) is 59.8. The fourth-order valence-electron chi connectivity index (χ4n) is 7.73. The molecule has 0 radical (unpaired) electrons. The molecule has 3 aromatic heterocycles. The summed E-state index contributed by atoms with van der Waals surface area (Å²) in [5, 5.41) is 7.04. The molecule has 52 heavy (non-hydrogen) atoms. The number of aromatic nitrogens is 1. The van der Waals surface area contributed by atoms with E-state index < -0.39 is 0 Å². The molecule has 0 fully saturated rings. The van der Waals surface area contributed by atoms with E-state index in [-0.39, 0.29) is 0 Å². The van der Waals surface area contributed by atoms with Gasteiger partial charge in [0, 0.05) is 49.2 Å². The molecule has 0 saturated heterocycles. The van der Waals surface area contributed by atoms with Crippen molar-refractivity contribution in [2.45, 2.75) is 0 Å². The molecule has 0 saturated carbocycles. The molecule has 0 spiro atoms. The number of oxazole rings is 1. The summed E-state index contributed by atoms with van der Waals surface area (Å²) in [5.41, 5.74) is 9.80. The highest BCUT2D eigenvalue weighted by Crippen LogP contribution is 2.48. The van der Waals surface area contributed by atoms with Crippen molar-refractivity contribution in [3.63, 3.8) is 0 Å². The molecular formula is C47H28N2O2S. The van der Waals surface area contributed by atoms with Gasteiger partial charge in [0.1, 0.15) is 16.7 Å². The normalized spacial score (nSPS) is 11.8. The molecule has 11 rings (SSSR count). The minimum Gasteiger partial charge on any atom is -0.456 e. The van der Waals surface area contributed by atoms with Crippen LogP contribution in [-0.4, -0.2) is 4.98 Å². The number of nitrogens with zero attached hydrogens (tertiary/aromatic N) is 2. The van der Waals surface area contributed by atoms with Gasteiger partial charge in [0.05, 0.1) is 10.4 Å². The van der Waals surface area contributed by atoms with Crippen molar-refractivity contribution < 1.29 is 8.83 Å². The molecule has 3 heterocycles.